The van der Waals surface area contributed by atoms with Crippen LogP contribution in [0.2, 0.25) is 0 Å². The highest BCUT2D eigenvalue weighted by Crippen LogP contribution is 2.18. The average Bonchev–Trinajstić information content (AvgIpc) is 2.82. The number of nitrogens with one attached hydrogen (secondary N) is 2. The summed E-state index contributed by atoms with van der Waals surface area (Å²) in [6.45, 7) is 7.24. The van der Waals surface area contributed by atoms with Gasteiger partial charge >= 0.3 is 0 Å². The molecule has 0 aromatic rings. The summed E-state index contributed by atoms with van der Waals surface area (Å²) in [6, 6.07) is 0.700. The van der Waals surface area contributed by atoms with E-state index in [1.807, 2.05) is 20.8 Å². The lowest BCUT2D eigenvalue weighted by atomic mass is 10.0. The van der Waals surface area contributed by atoms with Crippen molar-refractivity contribution in [3.8, 4) is 0 Å². The first-order valence-electron chi connectivity index (χ1n) is 5.99. The molecule has 96 valence electrons. The summed E-state index contributed by atoms with van der Waals surface area (Å²) in [7, 11) is -3.10. The van der Waals surface area contributed by atoms with Gasteiger partial charge in [-0.2, -0.15) is 0 Å². The normalized spacial score (nSPS) is 17.7. The van der Waals surface area contributed by atoms with Gasteiger partial charge in [-0.15, -0.1) is 0 Å². The molecule has 0 aromatic carbocycles. The minimum absolute atomic E-state index is 0.182. The lowest BCUT2D eigenvalue weighted by Gasteiger charge is -2.18. The third-order valence-electron chi connectivity index (χ3n) is 2.31. The van der Waals surface area contributed by atoms with Gasteiger partial charge in [0.25, 0.3) is 0 Å². The summed E-state index contributed by atoms with van der Waals surface area (Å²) in [5.41, 5.74) is -0.182. The minimum Gasteiger partial charge on any atom is -0.314 e. The molecule has 1 rings (SSSR count). The van der Waals surface area contributed by atoms with E-state index in [2.05, 4.69) is 10.0 Å². The fraction of sp³-hybridized carbons (Fsp3) is 1.00. The van der Waals surface area contributed by atoms with Gasteiger partial charge in [-0.25, -0.2) is 13.1 Å². The van der Waals surface area contributed by atoms with Crippen LogP contribution < -0.4 is 10.0 Å². The summed E-state index contributed by atoms with van der Waals surface area (Å²) in [6.07, 6.45) is 3.41. The zero-order valence-electron chi connectivity index (χ0n) is 10.5. The van der Waals surface area contributed by atoms with Crippen LogP contribution in [0.25, 0.3) is 0 Å². The molecule has 1 aliphatic rings. The van der Waals surface area contributed by atoms with Crippen molar-refractivity contribution in [1.29, 1.82) is 0 Å². The molecular weight excluding hydrogens is 224 g/mol. The van der Waals surface area contributed by atoms with Crippen LogP contribution in [-0.4, -0.2) is 33.3 Å². The first kappa shape index (κ1) is 13.9. The Morgan fingerprint density at radius 1 is 1.19 bits per heavy atom. The standard InChI is InChI=1S/C11H24N2O2S/c1-11(2,3)9-16(14,15)13-8-4-7-12-10-5-6-10/h10,12-13H,4-9H2,1-3H3. The Morgan fingerprint density at radius 2 is 1.81 bits per heavy atom. The zero-order chi connectivity index (χ0) is 12.2. The van der Waals surface area contributed by atoms with Crippen LogP contribution in [0.3, 0.4) is 0 Å². The van der Waals surface area contributed by atoms with Crippen molar-refractivity contribution in [3.63, 3.8) is 0 Å². The molecule has 0 saturated heterocycles. The molecule has 1 saturated carbocycles. The smallest absolute Gasteiger partial charge is 0.212 e. The maximum Gasteiger partial charge on any atom is 0.212 e. The summed E-state index contributed by atoms with van der Waals surface area (Å²) in [5, 5.41) is 3.36. The first-order valence-corrected chi connectivity index (χ1v) is 7.64. The van der Waals surface area contributed by atoms with Crippen molar-refractivity contribution >= 4 is 10.0 Å². The minimum atomic E-state index is -3.10. The van der Waals surface area contributed by atoms with Crippen LogP contribution in [0, 0.1) is 5.41 Å². The van der Waals surface area contributed by atoms with Crippen molar-refractivity contribution in [1.82, 2.24) is 10.0 Å². The van der Waals surface area contributed by atoms with Crippen LogP contribution in [0.5, 0.6) is 0 Å². The number of sulfonamides is 1. The van der Waals surface area contributed by atoms with E-state index < -0.39 is 10.0 Å². The van der Waals surface area contributed by atoms with Crippen molar-refractivity contribution < 1.29 is 8.42 Å². The second-order valence-corrected chi connectivity index (χ2v) is 7.60. The Kier molecular flexibility index (Phi) is 4.76. The summed E-state index contributed by atoms with van der Waals surface area (Å²) >= 11 is 0. The zero-order valence-corrected chi connectivity index (χ0v) is 11.4. The van der Waals surface area contributed by atoms with Gasteiger partial charge in [0.15, 0.2) is 0 Å². The highest BCUT2D eigenvalue weighted by atomic mass is 32.2. The number of hydrogen-bond acceptors (Lipinski definition) is 3. The van der Waals surface area contributed by atoms with Crippen molar-refractivity contribution in [2.75, 3.05) is 18.8 Å². The van der Waals surface area contributed by atoms with Gasteiger partial charge in [0.05, 0.1) is 5.75 Å². The van der Waals surface area contributed by atoms with Gasteiger partial charge in [-0.05, 0) is 31.2 Å². The van der Waals surface area contributed by atoms with Gasteiger partial charge in [-0.1, -0.05) is 20.8 Å². The lowest BCUT2D eigenvalue weighted by Crippen LogP contribution is -2.34. The number of hydrogen-bond donors (Lipinski definition) is 2. The Hall–Kier alpha value is -0.130. The maximum atomic E-state index is 11.6. The number of rotatable bonds is 7. The van der Waals surface area contributed by atoms with Gasteiger partial charge < -0.3 is 5.32 Å². The predicted molar refractivity (Wildman–Crippen MR) is 66.9 cm³/mol. The molecule has 0 amide bonds. The maximum absolute atomic E-state index is 11.6. The Morgan fingerprint density at radius 3 is 2.31 bits per heavy atom. The molecule has 0 heterocycles. The molecule has 16 heavy (non-hydrogen) atoms. The van der Waals surface area contributed by atoms with E-state index in [1.165, 1.54) is 12.8 Å². The largest absolute Gasteiger partial charge is 0.314 e. The van der Waals surface area contributed by atoms with Crippen molar-refractivity contribution in [3.05, 3.63) is 0 Å². The quantitative estimate of drug-likeness (QED) is 0.663. The molecule has 1 aliphatic carbocycles. The van der Waals surface area contributed by atoms with Gasteiger partial charge in [0.1, 0.15) is 0 Å². The summed E-state index contributed by atoms with van der Waals surface area (Å²) in [4.78, 5) is 0. The molecule has 0 spiro atoms. The molecular formula is C11H24N2O2S. The monoisotopic (exact) mass is 248 g/mol. The highest BCUT2D eigenvalue weighted by Gasteiger charge is 2.21. The molecule has 4 nitrogen and oxygen atoms in total. The second-order valence-electron chi connectivity index (χ2n) is 5.80. The van der Waals surface area contributed by atoms with Crippen LogP contribution in [0.15, 0.2) is 0 Å². The molecule has 1 fully saturated rings. The Labute approximate surface area is 99.2 Å². The van der Waals surface area contributed by atoms with Crippen molar-refractivity contribution in [2.24, 2.45) is 5.41 Å². The predicted octanol–water partition coefficient (Wildman–Crippen LogP) is 1.09. The lowest BCUT2D eigenvalue weighted by molar-refractivity contribution is 0.457. The van der Waals surface area contributed by atoms with E-state index in [0.29, 0.717) is 12.6 Å². The molecule has 5 heteroatoms. The Balaban J connectivity index is 2.09. The third-order valence-corrected chi connectivity index (χ3v) is 4.20. The Bertz CT molecular complexity index is 302. The molecule has 0 aromatic heterocycles. The fourth-order valence-corrected chi connectivity index (χ4v) is 3.23. The van der Waals surface area contributed by atoms with Crippen LogP contribution in [0.4, 0.5) is 0 Å². The van der Waals surface area contributed by atoms with E-state index in [1.54, 1.807) is 0 Å². The van der Waals surface area contributed by atoms with E-state index in [0.717, 1.165) is 13.0 Å². The summed E-state index contributed by atoms with van der Waals surface area (Å²) < 4.78 is 25.9. The van der Waals surface area contributed by atoms with Crippen LogP contribution in [0.1, 0.15) is 40.0 Å². The molecule has 0 radical (unpaired) electrons. The SMILES string of the molecule is CC(C)(C)CS(=O)(=O)NCCCNC1CC1. The fourth-order valence-electron chi connectivity index (χ4n) is 1.53. The van der Waals surface area contributed by atoms with Gasteiger partial charge in [-0.3, -0.25) is 0 Å². The molecule has 2 N–H and O–H groups in total. The summed E-state index contributed by atoms with van der Waals surface area (Å²) in [5.74, 6) is 0.191. The molecule has 0 aliphatic heterocycles. The topological polar surface area (TPSA) is 58.2 Å². The third kappa shape index (κ3) is 7.19. The van der Waals surface area contributed by atoms with E-state index in [9.17, 15) is 8.42 Å². The second kappa shape index (κ2) is 5.47. The molecule has 0 bridgehead atoms. The van der Waals surface area contributed by atoms with Crippen LogP contribution in [-0.2, 0) is 10.0 Å². The first-order chi connectivity index (χ1) is 7.29. The van der Waals surface area contributed by atoms with E-state index in [4.69, 9.17) is 0 Å². The van der Waals surface area contributed by atoms with Crippen LogP contribution >= 0.6 is 0 Å². The van der Waals surface area contributed by atoms with E-state index >= 15 is 0 Å². The molecule has 0 unspecified atom stereocenters. The highest BCUT2D eigenvalue weighted by molar-refractivity contribution is 7.89. The van der Waals surface area contributed by atoms with Crippen molar-refractivity contribution in [2.45, 2.75) is 46.1 Å². The van der Waals surface area contributed by atoms with Gasteiger partial charge in [0.2, 0.25) is 10.0 Å². The van der Waals surface area contributed by atoms with Gasteiger partial charge in [0, 0.05) is 12.6 Å². The van der Waals surface area contributed by atoms with E-state index in [-0.39, 0.29) is 11.2 Å². The average molecular weight is 248 g/mol. The molecule has 0 atom stereocenters.